The first-order valence-electron chi connectivity index (χ1n) is 7.31. The van der Waals surface area contributed by atoms with Crippen LogP contribution >= 0.6 is 0 Å². The number of rotatable bonds is 1. The first kappa shape index (κ1) is 10.8. The number of carbonyl (C=O) groups excluding carboxylic acids is 2. The van der Waals surface area contributed by atoms with Crippen LogP contribution in [0.25, 0.3) is 0 Å². The van der Waals surface area contributed by atoms with Crippen LogP contribution in [0.4, 0.5) is 0 Å². The molecule has 4 unspecified atom stereocenters. The van der Waals surface area contributed by atoms with Gasteiger partial charge in [0.15, 0.2) is 0 Å². The summed E-state index contributed by atoms with van der Waals surface area (Å²) in [6.07, 6.45) is 4.57. The predicted molar refractivity (Wildman–Crippen MR) is 65.5 cm³/mol. The molecule has 4 fully saturated rings. The normalized spacial score (nSPS) is 45.4. The van der Waals surface area contributed by atoms with Crippen molar-refractivity contribution in [3.8, 4) is 0 Å². The molecule has 1 heterocycles. The summed E-state index contributed by atoms with van der Waals surface area (Å²) in [6, 6.07) is 0. The Morgan fingerprint density at radius 1 is 1.17 bits per heavy atom. The molecule has 18 heavy (non-hydrogen) atoms. The molecule has 2 amide bonds. The molecular weight excluding hydrogens is 228 g/mol. The molecule has 4 atom stereocenters. The fraction of sp³-hybridized carbons (Fsp3) is 0.857. The van der Waals surface area contributed by atoms with Crippen LogP contribution in [0.1, 0.15) is 25.7 Å². The van der Waals surface area contributed by atoms with E-state index in [1.165, 1.54) is 19.3 Å². The Morgan fingerprint density at radius 3 is 2.61 bits per heavy atom. The summed E-state index contributed by atoms with van der Waals surface area (Å²) in [5.74, 6) is 3.87. The molecule has 98 valence electrons. The second-order valence-electron chi connectivity index (χ2n) is 6.44. The minimum absolute atomic E-state index is 0.0846. The van der Waals surface area contributed by atoms with Crippen LogP contribution in [-0.4, -0.2) is 36.3 Å². The van der Waals surface area contributed by atoms with Gasteiger partial charge in [0, 0.05) is 32.0 Å². The van der Waals surface area contributed by atoms with E-state index in [1.54, 1.807) is 0 Å². The highest BCUT2D eigenvalue weighted by Gasteiger charge is 2.67. The highest BCUT2D eigenvalue weighted by molar-refractivity contribution is 5.84. The summed E-state index contributed by atoms with van der Waals surface area (Å²) in [5, 5.41) is 2.84. The fourth-order valence-corrected chi connectivity index (χ4v) is 4.85. The van der Waals surface area contributed by atoms with E-state index in [0.717, 1.165) is 11.8 Å². The highest BCUT2D eigenvalue weighted by atomic mass is 16.2. The Bertz CT molecular complexity index is 393. The third kappa shape index (κ3) is 1.44. The minimum Gasteiger partial charge on any atom is -0.354 e. The van der Waals surface area contributed by atoms with Gasteiger partial charge in [-0.3, -0.25) is 9.59 Å². The van der Waals surface area contributed by atoms with Gasteiger partial charge < -0.3 is 10.2 Å². The van der Waals surface area contributed by atoms with Crippen molar-refractivity contribution in [2.75, 3.05) is 19.6 Å². The molecular formula is C14H20N2O2. The minimum atomic E-state index is 0.0846. The summed E-state index contributed by atoms with van der Waals surface area (Å²) in [6.45, 7) is 1.95. The average molecular weight is 248 g/mol. The number of amides is 2. The summed E-state index contributed by atoms with van der Waals surface area (Å²) in [5.41, 5.74) is 0. The Hall–Kier alpha value is -1.06. The Morgan fingerprint density at radius 2 is 1.89 bits per heavy atom. The van der Waals surface area contributed by atoms with Gasteiger partial charge in [0.2, 0.25) is 11.8 Å². The number of hydrogen-bond donors (Lipinski definition) is 1. The van der Waals surface area contributed by atoms with Gasteiger partial charge in [-0.05, 0) is 42.9 Å². The molecule has 1 saturated heterocycles. The average Bonchev–Trinajstić information content (AvgIpc) is 2.91. The number of fused-ring (bicyclic) bond motifs is 5. The molecule has 4 rings (SSSR count). The van der Waals surface area contributed by atoms with E-state index in [4.69, 9.17) is 0 Å². The van der Waals surface area contributed by atoms with E-state index in [1.807, 2.05) is 4.90 Å². The number of nitrogens with one attached hydrogen (secondary N) is 1. The fourth-order valence-electron chi connectivity index (χ4n) is 4.85. The molecule has 0 radical (unpaired) electrons. The van der Waals surface area contributed by atoms with Crippen molar-refractivity contribution in [3.05, 3.63) is 0 Å². The van der Waals surface area contributed by atoms with Crippen molar-refractivity contribution in [2.24, 2.45) is 29.6 Å². The Kier molecular flexibility index (Phi) is 2.24. The molecule has 0 spiro atoms. The van der Waals surface area contributed by atoms with Gasteiger partial charge in [-0.1, -0.05) is 0 Å². The third-order valence-corrected chi connectivity index (χ3v) is 5.64. The second-order valence-corrected chi connectivity index (χ2v) is 6.44. The van der Waals surface area contributed by atoms with Gasteiger partial charge in [0.25, 0.3) is 0 Å². The van der Waals surface area contributed by atoms with Crippen LogP contribution in [-0.2, 0) is 9.59 Å². The first-order valence-corrected chi connectivity index (χ1v) is 7.31. The standard InChI is InChI=1S/C14H20N2O2/c17-10-3-5-16(6-4-15-10)14(18)13-11-8-1-2-9(7-8)12(11)13/h8-9,11-13H,1-7H2,(H,15,17). The van der Waals surface area contributed by atoms with E-state index in [2.05, 4.69) is 5.32 Å². The maximum absolute atomic E-state index is 12.5. The Balaban J connectivity index is 1.44. The van der Waals surface area contributed by atoms with Crippen molar-refractivity contribution < 1.29 is 9.59 Å². The smallest absolute Gasteiger partial charge is 0.226 e. The monoisotopic (exact) mass is 248 g/mol. The number of nitrogens with zero attached hydrogens (tertiary/aromatic N) is 1. The lowest BCUT2D eigenvalue weighted by atomic mass is 10.0. The molecule has 0 aromatic carbocycles. The van der Waals surface area contributed by atoms with E-state index in [0.29, 0.717) is 49.7 Å². The van der Waals surface area contributed by atoms with Gasteiger partial charge >= 0.3 is 0 Å². The first-order chi connectivity index (χ1) is 8.75. The summed E-state index contributed by atoms with van der Waals surface area (Å²) in [7, 11) is 0. The van der Waals surface area contributed by atoms with Crippen molar-refractivity contribution in [1.29, 1.82) is 0 Å². The molecule has 4 heteroatoms. The van der Waals surface area contributed by atoms with Crippen LogP contribution in [0, 0.1) is 29.6 Å². The van der Waals surface area contributed by atoms with Gasteiger partial charge in [0.05, 0.1) is 0 Å². The zero-order valence-corrected chi connectivity index (χ0v) is 10.6. The van der Waals surface area contributed by atoms with E-state index >= 15 is 0 Å². The summed E-state index contributed by atoms with van der Waals surface area (Å²) in [4.78, 5) is 25.8. The van der Waals surface area contributed by atoms with E-state index < -0.39 is 0 Å². The van der Waals surface area contributed by atoms with Crippen molar-refractivity contribution in [1.82, 2.24) is 10.2 Å². The molecule has 2 bridgehead atoms. The second kappa shape index (κ2) is 3.72. The lowest BCUT2D eigenvalue weighted by Crippen LogP contribution is -2.36. The van der Waals surface area contributed by atoms with Gasteiger partial charge in [-0.2, -0.15) is 0 Å². The van der Waals surface area contributed by atoms with Gasteiger partial charge in [-0.25, -0.2) is 0 Å². The topological polar surface area (TPSA) is 49.4 Å². The molecule has 0 aromatic rings. The van der Waals surface area contributed by atoms with Crippen molar-refractivity contribution in [3.63, 3.8) is 0 Å². The largest absolute Gasteiger partial charge is 0.354 e. The lowest BCUT2D eigenvalue weighted by molar-refractivity contribution is -0.133. The van der Waals surface area contributed by atoms with Crippen LogP contribution in [0.15, 0.2) is 0 Å². The van der Waals surface area contributed by atoms with Gasteiger partial charge in [-0.15, -0.1) is 0 Å². The van der Waals surface area contributed by atoms with Crippen LogP contribution < -0.4 is 5.32 Å². The Labute approximate surface area is 107 Å². The van der Waals surface area contributed by atoms with Crippen LogP contribution in [0.2, 0.25) is 0 Å². The van der Waals surface area contributed by atoms with Gasteiger partial charge in [0.1, 0.15) is 0 Å². The van der Waals surface area contributed by atoms with Crippen LogP contribution in [0.5, 0.6) is 0 Å². The molecule has 4 aliphatic rings. The maximum Gasteiger partial charge on any atom is 0.226 e. The molecule has 1 N–H and O–H groups in total. The number of hydrogen-bond acceptors (Lipinski definition) is 2. The van der Waals surface area contributed by atoms with Crippen LogP contribution in [0.3, 0.4) is 0 Å². The number of carbonyl (C=O) groups is 2. The van der Waals surface area contributed by atoms with E-state index in [-0.39, 0.29) is 5.91 Å². The predicted octanol–water partition coefficient (Wildman–Crippen LogP) is 0.627. The zero-order chi connectivity index (χ0) is 12.3. The molecule has 3 saturated carbocycles. The van der Waals surface area contributed by atoms with Crippen molar-refractivity contribution >= 4 is 11.8 Å². The SMILES string of the molecule is O=C1CCN(C(=O)C2C3C4CCC(C4)C23)CCN1. The third-order valence-electron chi connectivity index (χ3n) is 5.64. The highest BCUT2D eigenvalue weighted by Crippen LogP contribution is 2.69. The molecule has 0 aromatic heterocycles. The molecule has 1 aliphatic heterocycles. The molecule has 4 nitrogen and oxygen atoms in total. The maximum atomic E-state index is 12.5. The van der Waals surface area contributed by atoms with E-state index in [9.17, 15) is 9.59 Å². The molecule has 3 aliphatic carbocycles. The summed E-state index contributed by atoms with van der Waals surface area (Å²) >= 11 is 0. The summed E-state index contributed by atoms with van der Waals surface area (Å²) < 4.78 is 0. The quantitative estimate of drug-likeness (QED) is 0.740. The van der Waals surface area contributed by atoms with Crippen molar-refractivity contribution in [2.45, 2.75) is 25.7 Å². The lowest BCUT2D eigenvalue weighted by Gasteiger charge is -2.21. The zero-order valence-electron chi connectivity index (χ0n) is 10.6.